The fourth-order valence-corrected chi connectivity index (χ4v) is 7.47. The molecule has 3 aliphatic rings. The number of carbonyl (C=O) groups excluding carboxylic acids is 1. The molecule has 1 amide bonds. The summed E-state index contributed by atoms with van der Waals surface area (Å²) in [5, 5.41) is 12.6. The maximum atomic E-state index is 12.6. The molecule has 3 aliphatic heterocycles. The minimum absolute atomic E-state index is 0.0328. The lowest BCUT2D eigenvalue weighted by atomic mass is 9.98. The van der Waals surface area contributed by atoms with Gasteiger partial charge in [0.15, 0.2) is 6.29 Å². The van der Waals surface area contributed by atoms with E-state index in [4.69, 9.17) is 9.47 Å². The number of aliphatic hydroxyl groups is 1. The molecular weight excluding hydrogens is 598 g/mol. The average Bonchev–Trinajstić information content (AvgIpc) is 3.83. The van der Waals surface area contributed by atoms with Gasteiger partial charge in [0.1, 0.15) is 0 Å². The lowest BCUT2D eigenvalue weighted by Gasteiger charge is -2.39. The maximum Gasteiger partial charge on any atom is 0.251 e. The molecule has 0 unspecified atom stereocenters. The van der Waals surface area contributed by atoms with Gasteiger partial charge in [-0.15, -0.1) is 0 Å². The average molecular weight is 646 g/mol. The molecule has 0 bridgehead atoms. The number of hydrogen-bond donors (Lipinski definition) is 2. The van der Waals surface area contributed by atoms with E-state index >= 15 is 0 Å². The predicted octanol–water partition coefficient (Wildman–Crippen LogP) is 6.88. The number of rotatable bonds is 11. The van der Waals surface area contributed by atoms with Gasteiger partial charge < -0.3 is 24.8 Å². The molecule has 0 radical (unpaired) electrons. The number of amides is 1. The van der Waals surface area contributed by atoms with Crippen LogP contribution in [0.3, 0.4) is 0 Å². The number of carbonyl (C=O) groups is 1. The van der Waals surface area contributed by atoms with Gasteiger partial charge in [-0.1, -0.05) is 84.9 Å². The third-order valence-electron chi connectivity index (χ3n) is 10.2. The molecule has 0 aromatic heterocycles. The molecule has 2 N–H and O–H groups in total. The Hall–Kier alpha value is -3.85. The fourth-order valence-electron chi connectivity index (χ4n) is 7.47. The van der Waals surface area contributed by atoms with Crippen LogP contribution in [0.15, 0.2) is 103 Å². The topological polar surface area (TPSA) is 74.3 Å². The van der Waals surface area contributed by atoms with Crippen molar-refractivity contribution in [3.05, 3.63) is 131 Å². The van der Waals surface area contributed by atoms with Crippen molar-refractivity contribution < 1.29 is 19.4 Å². The summed E-state index contributed by atoms with van der Waals surface area (Å²) >= 11 is 0. The normalized spacial score (nSPS) is 23.4. The zero-order chi connectivity index (χ0) is 32.7. The second kappa shape index (κ2) is 15.6. The van der Waals surface area contributed by atoms with E-state index in [1.54, 1.807) is 0 Å². The molecular formula is C41H47N3O4. The van der Waals surface area contributed by atoms with Crippen molar-refractivity contribution in [3.63, 3.8) is 0 Å². The predicted molar refractivity (Wildman–Crippen MR) is 188 cm³/mol. The van der Waals surface area contributed by atoms with Crippen molar-refractivity contribution in [2.75, 3.05) is 32.7 Å². The molecule has 4 aromatic rings. The number of aliphatic hydroxyl groups excluding tert-OH is 1. The van der Waals surface area contributed by atoms with Crippen LogP contribution in [-0.4, -0.2) is 65.7 Å². The van der Waals surface area contributed by atoms with Crippen molar-refractivity contribution in [1.82, 2.24) is 15.1 Å². The molecule has 3 heterocycles. The largest absolute Gasteiger partial charge is 0.392 e. The molecule has 0 spiro atoms. The summed E-state index contributed by atoms with van der Waals surface area (Å²) in [5.41, 5.74) is 6.92. The van der Waals surface area contributed by atoms with Crippen LogP contribution in [0.4, 0.5) is 0 Å². The summed E-state index contributed by atoms with van der Waals surface area (Å²) in [6.45, 7) is 6.17. The molecule has 3 saturated heterocycles. The molecule has 0 aliphatic carbocycles. The third kappa shape index (κ3) is 8.05. The minimum Gasteiger partial charge on any atom is -0.392 e. The Morgan fingerprint density at radius 2 is 1.52 bits per heavy atom. The van der Waals surface area contributed by atoms with Crippen molar-refractivity contribution in [3.8, 4) is 11.1 Å². The summed E-state index contributed by atoms with van der Waals surface area (Å²) < 4.78 is 13.4. The fraction of sp³-hybridized carbons (Fsp3) is 0.390. The SMILES string of the molecule is O=C(NCc1cccc(-c2ccc([C@H]3O[C@@H](CN4CCC[C@H]4CN4CCCC4)C[C@@H](c4ccc(CO)cc4)O3)cc2)c1)c1ccccc1. The highest BCUT2D eigenvalue weighted by atomic mass is 16.7. The van der Waals surface area contributed by atoms with E-state index in [1.807, 2.05) is 54.6 Å². The van der Waals surface area contributed by atoms with Crippen LogP contribution in [0.2, 0.25) is 0 Å². The Morgan fingerprint density at radius 3 is 2.29 bits per heavy atom. The van der Waals surface area contributed by atoms with E-state index < -0.39 is 6.29 Å². The monoisotopic (exact) mass is 645 g/mol. The van der Waals surface area contributed by atoms with Crippen molar-refractivity contribution in [2.24, 2.45) is 0 Å². The Bertz CT molecular complexity index is 1620. The van der Waals surface area contributed by atoms with Crippen molar-refractivity contribution >= 4 is 5.91 Å². The molecule has 48 heavy (non-hydrogen) atoms. The second-order valence-corrected chi connectivity index (χ2v) is 13.5. The van der Waals surface area contributed by atoms with Gasteiger partial charge in [0.05, 0.1) is 18.8 Å². The van der Waals surface area contributed by atoms with Crippen molar-refractivity contribution in [2.45, 2.75) is 69.8 Å². The van der Waals surface area contributed by atoms with E-state index in [2.05, 4.69) is 63.6 Å². The maximum absolute atomic E-state index is 12.6. The molecule has 7 heteroatoms. The van der Waals surface area contributed by atoms with E-state index in [9.17, 15) is 9.90 Å². The molecule has 4 atom stereocenters. The highest BCUT2D eigenvalue weighted by Crippen LogP contribution is 2.39. The highest BCUT2D eigenvalue weighted by molar-refractivity contribution is 5.94. The van der Waals surface area contributed by atoms with Crippen LogP contribution in [0.25, 0.3) is 11.1 Å². The number of nitrogens with zero attached hydrogens (tertiary/aromatic N) is 2. The first-order valence-corrected chi connectivity index (χ1v) is 17.6. The van der Waals surface area contributed by atoms with Crippen LogP contribution in [0.5, 0.6) is 0 Å². The van der Waals surface area contributed by atoms with Gasteiger partial charge in [-0.05, 0) is 91.3 Å². The second-order valence-electron chi connectivity index (χ2n) is 13.5. The van der Waals surface area contributed by atoms with Gasteiger partial charge in [-0.25, -0.2) is 0 Å². The Balaban J connectivity index is 1.05. The van der Waals surface area contributed by atoms with E-state index in [0.29, 0.717) is 18.2 Å². The van der Waals surface area contributed by atoms with Crippen LogP contribution in [0, 0.1) is 0 Å². The van der Waals surface area contributed by atoms with Gasteiger partial charge in [0, 0.05) is 43.2 Å². The Kier molecular flexibility index (Phi) is 10.6. The van der Waals surface area contributed by atoms with Gasteiger partial charge >= 0.3 is 0 Å². The lowest BCUT2D eigenvalue weighted by molar-refractivity contribution is -0.253. The number of ether oxygens (including phenoxy) is 2. The first kappa shape index (κ1) is 32.7. The van der Waals surface area contributed by atoms with Gasteiger partial charge in [-0.3, -0.25) is 9.69 Å². The number of hydrogen-bond acceptors (Lipinski definition) is 6. The molecule has 3 fully saturated rings. The number of benzene rings is 4. The summed E-state index contributed by atoms with van der Waals surface area (Å²) in [6.07, 6.45) is 5.44. The number of nitrogens with one attached hydrogen (secondary N) is 1. The van der Waals surface area contributed by atoms with Gasteiger partial charge in [0.2, 0.25) is 0 Å². The first-order chi connectivity index (χ1) is 23.6. The Labute approximate surface area is 284 Å². The summed E-state index contributed by atoms with van der Waals surface area (Å²) in [7, 11) is 0. The van der Waals surface area contributed by atoms with Gasteiger partial charge in [0.25, 0.3) is 5.91 Å². The summed E-state index contributed by atoms with van der Waals surface area (Å²) in [4.78, 5) is 17.9. The third-order valence-corrected chi connectivity index (χ3v) is 10.2. The van der Waals surface area contributed by atoms with Gasteiger partial charge in [-0.2, -0.15) is 0 Å². The van der Waals surface area contributed by atoms with E-state index in [0.717, 1.165) is 52.9 Å². The lowest BCUT2D eigenvalue weighted by Crippen LogP contribution is -2.45. The van der Waals surface area contributed by atoms with Crippen LogP contribution >= 0.6 is 0 Å². The van der Waals surface area contributed by atoms with Crippen molar-refractivity contribution in [1.29, 1.82) is 0 Å². The molecule has 7 nitrogen and oxygen atoms in total. The van der Waals surface area contributed by atoms with Crippen LogP contribution in [0.1, 0.15) is 77.1 Å². The summed E-state index contributed by atoms with van der Waals surface area (Å²) in [6, 6.07) is 34.8. The standard InChI is InChI=1S/C41H47N3O4/c45-29-30-13-15-33(16-14-30)39-25-38(28-44-23-7-12-37(44)27-43-21-4-5-22-43)47-41(48-39)35-19-17-32(18-20-35)36-11-6-8-31(24-36)26-42-40(46)34-9-2-1-3-10-34/h1-3,6,8-11,13-20,24,37-39,41,45H,4-5,7,12,21-23,25-29H2,(H,42,46)/t37-,38+,39-,41-/m0/s1. The minimum atomic E-state index is -0.473. The summed E-state index contributed by atoms with van der Waals surface area (Å²) in [5.74, 6) is -0.0781. The quantitative estimate of drug-likeness (QED) is 0.185. The zero-order valence-corrected chi connectivity index (χ0v) is 27.7. The molecule has 7 rings (SSSR count). The smallest absolute Gasteiger partial charge is 0.251 e. The number of likely N-dealkylation sites (tertiary alicyclic amines) is 2. The first-order valence-electron chi connectivity index (χ1n) is 17.6. The Morgan fingerprint density at radius 1 is 0.750 bits per heavy atom. The molecule has 0 saturated carbocycles. The molecule has 4 aromatic carbocycles. The van der Waals surface area contributed by atoms with E-state index in [1.165, 1.54) is 45.3 Å². The highest BCUT2D eigenvalue weighted by Gasteiger charge is 2.36. The zero-order valence-electron chi connectivity index (χ0n) is 27.7. The van der Waals surface area contributed by atoms with Crippen LogP contribution in [-0.2, 0) is 22.6 Å². The molecule has 250 valence electrons. The van der Waals surface area contributed by atoms with E-state index in [-0.39, 0.29) is 24.7 Å². The van der Waals surface area contributed by atoms with Crippen LogP contribution < -0.4 is 5.32 Å².